The minimum atomic E-state index is -0.385. The number of nitrogens with one attached hydrogen (secondary N) is 2. The van der Waals surface area contributed by atoms with Crippen LogP contribution in [0.15, 0.2) is 72.8 Å². The van der Waals surface area contributed by atoms with Crippen LogP contribution in [0.3, 0.4) is 0 Å². The molecule has 0 bridgehead atoms. The molecule has 5 nitrogen and oxygen atoms in total. The zero-order valence-corrected chi connectivity index (χ0v) is 15.0. The molecular weight excluding hydrogens is 359 g/mol. The Balaban J connectivity index is 1.64. The fourth-order valence-electron chi connectivity index (χ4n) is 2.50. The van der Waals surface area contributed by atoms with Crippen LogP contribution in [-0.4, -0.2) is 17.6 Å². The van der Waals surface area contributed by atoms with Crippen LogP contribution in [0.5, 0.6) is 0 Å². The van der Waals surface area contributed by atoms with E-state index in [1.165, 1.54) is 43.3 Å². The Morgan fingerprint density at radius 2 is 0.964 bits per heavy atom. The molecule has 0 unspecified atom stereocenters. The summed E-state index contributed by atoms with van der Waals surface area (Å²) >= 11 is 0. The summed E-state index contributed by atoms with van der Waals surface area (Å²) in [5.74, 6) is -1.13. The third-order valence-corrected chi connectivity index (χ3v) is 4.06. The van der Waals surface area contributed by atoms with Crippen LogP contribution in [0.1, 0.15) is 38.0 Å². The molecule has 0 spiro atoms. The highest BCUT2D eigenvalue weighted by Gasteiger charge is 2.10. The first kappa shape index (κ1) is 19.0. The number of benzene rings is 3. The van der Waals surface area contributed by atoms with Crippen LogP contribution in [0, 0.1) is 5.82 Å². The Morgan fingerprint density at radius 3 is 1.36 bits per heavy atom. The second-order valence-electron chi connectivity index (χ2n) is 6.13. The predicted molar refractivity (Wildman–Crippen MR) is 105 cm³/mol. The van der Waals surface area contributed by atoms with E-state index in [1.807, 2.05) is 0 Å². The van der Waals surface area contributed by atoms with Gasteiger partial charge in [-0.3, -0.25) is 14.4 Å². The van der Waals surface area contributed by atoms with Crippen molar-refractivity contribution in [3.05, 3.63) is 95.3 Å². The number of halogens is 1. The third kappa shape index (κ3) is 4.67. The minimum absolute atomic E-state index is 0.0487. The highest BCUT2D eigenvalue weighted by atomic mass is 19.1. The Hall–Kier alpha value is -3.80. The fraction of sp³-hybridized carbons (Fsp3) is 0.0455. The molecule has 0 aliphatic heterocycles. The van der Waals surface area contributed by atoms with Crippen LogP contribution < -0.4 is 10.6 Å². The van der Waals surface area contributed by atoms with Gasteiger partial charge in [0, 0.05) is 28.1 Å². The molecule has 0 heterocycles. The van der Waals surface area contributed by atoms with E-state index in [0.29, 0.717) is 28.1 Å². The molecule has 140 valence electrons. The summed E-state index contributed by atoms with van der Waals surface area (Å²) in [7, 11) is 0. The van der Waals surface area contributed by atoms with E-state index in [4.69, 9.17) is 0 Å². The summed E-state index contributed by atoms with van der Waals surface area (Å²) in [5.41, 5.74) is 2.35. The number of rotatable bonds is 5. The van der Waals surface area contributed by atoms with Gasteiger partial charge in [-0.1, -0.05) is 0 Å². The summed E-state index contributed by atoms with van der Waals surface area (Å²) in [6.45, 7) is 1.47. The van der Waals surface area contributed by atoms with E-state index in [2.05, 4.69) is 10.6 Å². The maximum atomic E-state index is 12.9. The molecule has 0 atom stereocenters. The van der Waals surface area contributed by atoms with E-state index in [9.17, 15) is 18.8 Å². The lowest BCUT2D eigenvalue weighted by Gasteiger charge is -2.08. The lowest BCUT2D eigenvalue weighted by molar-refractivity contribution is 0.101. The van der Waals surface area contributed by atoms with Crippen molar-refractivity contribution < 1.29 is 18.8 Å². The van der Waals surface area contributed by atoms with Crippen molar-refractivity contribution in [2.45, 2.75) is 6.92 Å². The van der Waals surface area contributed by atoms with Gasteiger partial charge in [-0.05, 0) is 79.7 Å². The van der Waals surface area contributed by atoms with Crippen molar-refractivity contribution in [1.82, 2.24) is 0 Å². The molecule has 3 rings (SSSR count). The molecule has 0 fully saturated rings. The highest BCUT2D eigenvalue weighted by Crippen LogP contribution is 2.14. The van der Waals surface area contributed by atoms with Gasteiger partial charge < -0.3 is 10.6 Å². The van der Waals surface area contributed by atoms with Gasteiger partial charge in [-0.2, -0.15) is 0 Å². The van der Waals surface area contributed by atoms with Gasteiger partial charge in [0.1, 0.15) is 5.82 Å². The van der Waals surface area contributed by atoms with Crippen LogP contribution in [0.2, 0.25) is 0 Å². The fourth-order valence-corrected chi connectivity index (χ4v) is 2.50. The van der Waals surface area contributed by atoms with Crippen molar-refractivity contribution in [2.75, 3.05) is 10.6 Å². The Morgan fingerprint density at radius 1 is 0.607 bits per heavy atom. The first-order valence-electron chi connectivity index (χ1n) is 8.52. The lowest BCUT2D eigenvalue weighted by Crippen LogP contribution is -2.14. The number of carbonyl (C=O) groups excluding carboxylic acids is 3. The Labute approximate surface area is 161 Å². The van der Waals surface area contributed by atoms with Crippen LogP contribution in [0.25, 0.3) is 0 Å². The maximum absolute atomic E-state index is 12.9. The van der Waals surface area contributed by atoms with Gasteiger partial charge >= 0.3 is 0 Å². The van der Waals surface area contributed by atoms with Gasteiger partial charge in [0.2, 0.25) is 0 Å². The largest absolute Gasteiger partial charge is 0.322 e. The summed E-state index contributed by atoms with van der Waals surface area (Å²) in [6, 6.07) is 18.2. The number of amides is 2. The van der Waals surface area contributed by atoms with Crippen molar-refractivity contribution in [1.29, 1.82) is 0 Å². The average Bonchev–Trinajstić information content (AvgIpc) is 2.70. The molecule has 0 aromatic heterocycles. The van der Waals surface area contributed by atoms with Gasteiger partial charge in [0.05, 0.1) is 0 Å². The van der Waals surface area contributed by atoms with E-state index >= 15 is 0 Å². The normalized spacial score (nSPS) is 10.2. The second kappa shape index (κ2) is 8.26. The summed E-state index contributed by atoms with van der Waals surface area (Å²) in [5, 5.41) is 5.39. The zero-order chi connectivity index (χ0) is 20.1. The summed E-state index contributed by atoms with van der Waals surface area (Å²) in [6.07, 6.45) is 0. The number of Topliss-reactive ketones (excluding diaryl/α,β-unsaturated/α-hetero) is 1. The number of anilines is 2. The molecule has 2 N–H and O–H groups in total. The van der Waals surface area contributed by atoms with Crippen molar-refractivity contribution >= 4 is 29.0 Å². The van der Waals surface area contributed by atoms with Crippen LogP contribution >= 0.6 is 0 Å². The minimum Gasteiger partial charge on any atom is -0.322 e. The smallest absolute Gasteiger partial charge is 0.255 e. The Kier molecular flexibility index (Phi) is 5.60. The number of hydrogen-bond acceptors (Lipinski definition) is 3. The molecule has 6 heteroatoms. The monoisotopic (exact) mass is 376 g/mol. The van der Waals surface area contributed by atoms with Crippen LogP contribution in [-0.2, 0) is 0 Å². The molecule has 0 radical (unpaired) electrons. The number of ketones is 1. The quantitative estimate of drug-likeness (QED) is 0.642. The van der Waals surface area contributed by atoms with E-state index < -0.39 is 0 Å². The van der Waals surface area contributed by atoms with E-state index in [1.54, 1.807) is 36.4 Å². The average molecular weight is 376 g/mol. The molecular formula is C22H17FN2O3. The molecule has 2 amide bonds. The molecule has 0 saturated heterocycles. The van der Waals surface area contributed by atoms with Gasteiger partial charge in [0.15, 0.2) is 5.78 Å². The summed E-state index contributed by atoms with van der Waals surface area (Å²) in [4.78, 5) is 35.8. The molecule has 28 heavy (non-hydrogen) atoms. The topological polar surface area (TPSA) is 75.3 Å². The SMILES string of the molecule is CC(=O)c1ccc(NC(=O)c2ccc(C(=O)Nc3ccc(F)cc3)cc2)cc1. The van der Waals surface area contributed by atoms with Crippen molar-refractivity contribution in [3.8, 4) is 0 Å². The van der Waals surface area contributed by atoms with Crippen molar-refractivity contribution in [3.63, 3.8) is 0 Å². The van der Waals surface area contributed by atoms with Crippen LogP contribution in [0.4, 0.5) is 15.8 Å². The van der Waals surface area contributed by atoms with Crippen molar-refractivity contribution in [2.24, 2.45) is 0 Å². The standard InChI is InChI=1S/C22H17FN2O3/c1-14(26)15-6-10-19(11-7-15)24-21(27)16-2-4-17(5-3-16)22(28)25-20-12-8-18(23)9-13-20/h2-13H,1H3,(H,24,27)(H,25,28). The molecule has 3 aromatic rings. The Bertz CT molecular complexity index is 1010. The van der Waals surface area contributed by atoms with Gasteiger partial charge in [-0.25, -0.2) is 4.39 Å². The maximum Gasteiger partial charge on any atom is 0.255 e. The summed E-state index contributed by atoms with van der Waals surface area (Å²) < 4.78 is 12.9. The van der Waals surface area contributed by atoms with Gasteiger partial charge in [-0.15, -0.1) is 0 Å². The molecule has 0 saturated carbocycles. The molecule has 0 aliphatic carbocycles. The van der Waals surface area contributed by atoms with Gasteiger partial charge in [0.25, 0.3) is 11.8 Å². The predicted octanol–water partition coefficient (Wildman–Crippen LogP) is 4.53. The van der Waals surface area contributed by atoms with E-state index in [-0.39, 0.29) is 23.4 Å². The third-order valence-electron chi connectivity index (χ3n) is 4.06. The number of hydrogen-bond donors (Lipinski definition) is 2. The lowest BCUT2D eigenvalue weighted by atomic mass is 10.1. The van der Waals surface area contributed by atoms with E-state index in [0.717, 1.165) is 0 Å². The highest BCUT2D eigenvalue weighted by molar-refractivity contribution is 6.07. The first-order chi connectivity index (χ1) is 13.4. The first-order valence-corrected chi connectivity index (χ1v) is 8.52. The molecule has 0 aliphatic rings. The second-order valence-corrected chi connectivity index (χ2v) is 6.13. The zero-order valence-electron chi connectivity index (χ0n) is 15.0. The number of carbonyl (C=O) groups is 3. The molecule has 3 aromatic carbocycles.